The van der Waals surface area contributed by atoms with Gasteiger partial charge in [-0.1, -0.05) is 30.3 Å². The van der Waals surface area contributed by atoms with Gasteiger partial charge in [-0.25, -0.2) is 15.4 Å². The van der Waals surface area contributed by atoms with Crippen LogP contribution in [0.4, 0.5) is 5.95 Å². The number of aryl methyl sites for hydroxylation is 1. The number of pyridine rings is 1. The van der Waals surface area contributed by atoms with Crippen LogP contribution < -0.4 is 5.43 Å². The van der Waals surface area contributed by atoms with Gasteiger partial charge in [0, 0.05) is 23.7 Å². The molecule has 5 heteroatoms. The van der Waals surface area contributed by atoms with E-state index in [-0.39, 0.29) is 0 Å². The molecule has 0 saturated heterocycles. The predicted octanol–water partition coefficient (Wildman–Crippen LogP) is 3.29. The standard InChI is InChI=1S/C17H15N5/c1-13-11-16(15-5-3-2-4-6-15)21-17(20-13)22-19-12-14-7-9-18-10-8-14/h2-12H,1H3,(H,20,21,22). The molecule has 3 rings (SSSR count). The van der Waals surface area contributed by atoms with Crippen LogP contribution in [0.3, 0.4) is 0 Å². The zero-order valence-electron chi connectivity index (χ0n) is 12.1. The molecule has 1 aromatic carbocycles. The Morgan fingerprint density at radius 1 is 1.00 bits per heavy atom. The quantitative estimate of drug-likeness (QED) is 0.591. The zero-order valence-corrected chi connectivity index (χ0v) is 12.1. The van der Waals surface area contributed by atoms with Gasteiger partial charge in [0.1, 0.15) is 0 Å². The van der Waals surface area contributed by atoms with Gasteiger partial charge in [0.05, 0.1) is 11.9 Å². The lowest BCUT2D eigenvalue weighted by Gasteiger charge is -2.05. The molecular formula is C17H15N5. The van der Waals surface area contributed by atoms with Crippen molar-refractivity contribution in [1.29, 1.82) is 0 Å². The lowest BCUT2D eigenvalue weighted by molar-refractivity contribution is 1.08. The van der Waals surface area contributed by atoms with Gasteiger partial charge in [0.2, 0.25) is 5.95 Å². The van der Waals surface area contributed by atoms with E-state index < -0.39 is 0 Å². The van der Waals surface area contributed by atoms with Gasteiger partial charge >= 0.3 is 0 Å². The van der Waals surface area contributed by atoms with Crippen molar-refractivity contribution in [1.82, 2.24) is 15.0 Å². The third kappa shape index (κ3) is 3.52. The fraction of sp³-hybridized carbons (Fsp3) is 0.0588. The van der Waals surface area contributed by atoms with Crippen LogP contribution in [0.1, 0.15) is 11.3 Å². The van der Waals surface area contributed by atoms with Crippen molar-refractivity contribution in [2.45, 2.75) is 6.92 Å². The van der Waals surface area contributed by atoms with Crippen molar-refractivity contribution in [2.75, 3.05) is 5.43 Å². The highest BCUT2D eigenvalue weighted by Gasteiger charge is 2.03. The van der Waals surface area contributed by atoms with Crippen LogP contribution in [-0.4, -0.2) is 21.2 Å². The van der Waals surface area contributed by atoms with E-state index in [1.807, 2.05) is 55.5 Å². The number of rotatable bonds is 4. The monoisotopic (exact) mass is 289 g/mol. The van der Waals surface area contributed by atoms with Gasteiger partial charge in [0.25, 0.3) is 0 Å². The van der Waals surface area contributed by atoms with Crippen LogP contribution in [0.2, 0.25) is 0 Å². The van der Waals surface area contributed by atoms with Crippen LogP contribution >= 0.6 is 0 Å². The summed E-state index contributed by atoms with van der Waals surface area (Å²) in [6.07, 6.45) is 5.14. The highest BCUT2D eigenvalue weighted by molar-refractivity contribution is 5.79. The predicted molar refractivity (Wildman–Crippen MR) is 87.7 cm³/mol. The zero-order chi connectivity index (χ0) is 15.2. The SMILES string of the molecule is Cc1cc(-c2ccccc2)nc(NN=Cc2ccncc2)n1. The molecule has 3 aromatic rings. The summed E-state index contributed by atoms with van der Waals surface area (Å²) in [5.41, 5.74) is 6.63. The number of aromatic nitrogens is 3. The van der Waals surface area contributed by atoms with E-state index in [1.54, 1.807) is 18.6 Å². The van der Waals surface area contributed by atoms with Gasteiger partial charge in [-0.05, 0) is 30.7 Å². The molecule has 0 bridgehead atoms. The molecule has 108 valence electrons. The average molecular weight is 289 g/mol. The number of hydrogen-bond donors (Lipinski definition) is 1. The Kier molecular flexibility index (Phi) is 4.15. The number of anilines is 1. The first-order valence-corrected chi connectivity index (χ1v) is 6.91. The first kappa shape index (κ1) is 13.9. The van der Waals surface area contributed by atoms with E-state index in [0.717, 1.165) is 22.5 Å². The van der Waals surface area contributed by atoms with Crippen LogP contribution in [0.25, 0.3) is 11.3 Å². The number of nitrogens with zero attached hydrogens (tertiary/aromatic N) is 4. The number of hydrazone groups is 1. The molecule has 1 N–H and O–H groups in total. The summed E-state index contributed by atoms with van der Waals surface area (Å²) in [5.74, 6) is 0.476. The summed E-state index contributed by atoms with van der Waals surface area (Å²) < 4.78 is 0. The topological polar surface area (TPSA) is 63.1 Å². The van der Waals surface area contributed by atoms with Crippen molar-refractivity contribution in [3.05, 3.63) is 72.2 Å². The average Bonchev–Trinajstić information content (AvgIpc) is 2.56. The Balaban J connectivity index is 1.80. The van der Waals surface area contributed by atoms with Gasteiger partial charge in [0.15, 0.2) is 0 Å². The number of hydrogen-bond acceptors (Lipinski definition) is 5. The molecule has 2 heterocycles. The van der Waals surface area contributed by atoms with Crippen molar-refractivity contribution < 1.29 is 0 Å². The molecule has 0 spiro atoms. The number of benzene rings is 1. The lowest BCUT2D eigenvalue weighted by Crippen LogP contribution is -2.00. The van der Waals surface area contributed by atoms with E-state index in [9.17, 15) is 0 Å². The molecule has 2 aromatic heterocycles. The second-order valence-electron chi connectivity index (χ2n) is 4.73. The normalized spacial score (nSPS) is 10.8. The van der Waals surface area contributed by atoms with Crippen LogP contribution in [-0.2, 0) is 0 Å². The fourth-order valence-electron chi connectivity index (χ4n) is 1.99. The maximum Gasteiger partial charge on any atom is 0.244 e. The number of nitrogens with one attached hydrogen (secondary N) is 1. The molecule has 0 fully saturated rings. The van der Waals surface area contributed by atoms with Gasteiger partial charge in [-0.3, -0.25) is 4.98 Å². The van der Waals surface area contributed by atoms with Crippen molar-refractivity contribution in [3.8, 4) is 11.3 Å². The first-order chi connectivity index (χ1) is 10.8. The summed E-state index contributed by atoms with van der Waals surface area (Å²) in [4.78, 5) is 12.8. The molecular weight excluding hydrogens is 274 g/mol. The maximum absolute atomic E-state index is 4.49. The Morgan fingerprint density at radius 2 is 1.77 bits per heavy atom. The van der Waals surface area contributed by atoms with E-state index in [1.165, 1.54) is 0 Å². The Labute approximate surface area is 128 Å². The minimum Gasteiger partial charge on any atom is -0.265 e. The summed E-state index contributed by atoms with van der Waals surface area (Å²) in [6.45, 7) is 1.94. The second-order valence-corrected chi connectivity index (χ2v) is 4.73. The maximum atomic E-state index is 4.49. The van der Waals surface area contributed by atoms with Crippen molar-refractivity contribution >= 4 is 12.2 Å². The van der Waals surface area contributed by atoms with E-state index in [0.29, 0.717) is 5.95 Å². The molecule has 5 nitrogen and oxygen atoms in total. The van der Waals surface area contributed by atoms with E-state index >= 15 is 0 Å². The first-order valence-electron chi connectivity index (χ1n) is 6.91. The molecule has 0 saturated carbocycles. The Morgan fingerprint density at radius 3 is 2.55 bits per heavy atom. The van der Waals surface area contributed by atoms with Gasteiger partial charge in [-0.15, -0.1) is 0 Å². The third-order valence-corrected chi connectivity index (χ3v) is 3.01. The minimum atomic E-state index is 0.476. The molecule has 0 aliphatic rings. The minimum absolute atomic E-state index is 0.476. The summed E-state index contributed by atoms with van der Waals surface area (Å²) in [5, 5.41) is 4.16. The second kappa shape index (κ2) is 6.58. The molecule has 0 aliphatic carbocycles. The Hall–Kier alpha value is -3.08. The van der Waals surface area contributed by atoms with Crippen molar-refractivity contribution in [3.63, 3.8) is 0 Å². The van der Waals surface area contributed by atoms with E-state index in [4.69, 9.17) is 0 Å². The Bertz CT molecular complexity index is 770. The van der Waals surface area contributed by atoms with E-state index in [2.05, 4.69) is 25.5 Å². The molecule has 0 aliphatic heterocycles. The van der Waals surface area contributed by atoms with Crippen LogP contribution in [0, 0.1) is 6.92 Å². The molecule has 0 unspecified atom stereocenters. The molecule has 0 radical (unpaired) electrons. The molecule has 0 atom stereocenters. The largest absolute Gasteiger partial charge is 0.265 e. The van der Waals surface area contributed by atoms with Crippen LogP contribution in [0.5, 0.6) is 0 Å². The van der Waals surface area contributed by atoms with Gasteiger partial charge < -0.3 is 0 Å². The van der Waals surface area contributed by atoms with Crippen LogP contribution in [0.15, 0.2) is 66.0 Å². The smallest absolute Gasteiger partial charge is 0.244 e. The molecule has 0 amide bonds. The van der Waals surface area contributed by atoms with Crippen molar-refractivity contribution in [2.24, 2.45) is 5.10 Å². The summed E-state index contributed by atoms with van der Waals surface area (Å²) in [7, 11) is 0. The highest BCUT2D eigenvalue weighted by atomic mass is 15.3. The van der Waals surface area contributed by atoms with Gasteiger partial charge in [-0.2, -0.15) is 5.10 Å². The lowest BCUT2D eigenvalue weighted by atomic mass is 10.1. The summed E-state index contributed by atoms with van der Waals surface area (Å²) >= 11 is 0. The molecule has 22 heavy (non-hydrogen) atoms. The third-order valence-electron chi connectivity index (χ3n) is 3.01. The highest BCUT2D eigenvalue weighted by Crippen LogP contribution is 2.18. The summed E-state index contributed by atoms with van der Waals surface area (Å²) in [6, 6.07) is 15.7. The fourth-order valence-corrected chi connectivity index (χ4v) is 1.99.